The highest BCUT2D eigenvalue weighted by Gasteiger charge is 2.30. The summed E-state index contributed by atoms with van der Waals surface area (Å²) in [7, 11) is 0. The van der Waals surface area contributed by atoms with E-state index in [9.17, 15) is 14.7 Å². The first kappa shape index (κ1) is 18.5. The van der Waals surface area contributed by atoms with E-state index in [4.69, 9.17) is 4.74 Å². The largest absolute Gasteiger partial charge is 0.508 e. The summed E-state index contributed by atoms with van der Waals surface area (Å²) in [5.41, 5.74) is 0.546. The predicted molar refractivity (Wildman–Crippen MR) is 90.4 cm³/mol. The Morgan fingerprint density at radius 3 is 2.29 bits per heavy atom. The molecular formula is C16H22ClN3O4. The molecule has 2 aliphatic rings. The summed E-state index contributed by atoms with van der Waals surface area (Å²) in [5.74, 6) is 0.108. The van der Waals surface area contributed by atoms with Gasteiger partial charge in [0.25, 0.3) is 5.91 Å². The van der Waals surface area contributed by atoms with Gasteiger partial charge in [0.2, 0.25) is 5.91 Å². The van der Waals surface area contributed by atoms with Gasteiger partial charge in [-0.05, 0) is 24.3 Å². The van der Waals surface area contributed by atoms with Crippen molar-refractivity contribution in [3.8, 4) is 5.75 Å². The summed E-state index contributed by atoms with van der Waals surface area (Å²) in [6.07, 6.45) is 0. The molecule has 2 N–H and O–H groups in total. The predicted octanol–water partition coefficient (Wildman–Crippen LogP) is 0.0868. The summed E-state index contributed by atoms with van der Waals surface area (Å²) < 4.78 is 5.33. The topological polar surface area (TPSA) is 82.1 Å². The second-order valence-corrected chi connectivity index (χ2v) is 5.75. The fraction of sp³-hybridized carbons (Fsp3) is 0.500. The molecule has 132 valence electrons. The quantitative estimate of drug-likeness (QED) is 0.785. The Balaban J connectivity index is 0.00000208. The van der Waals surface area contributed by atoms with Crippen LogP contribution in [0.1, 0.15) is 10.4 Å². The number of hydrogen-bond acceptors (Lipinski definition) is 5. The average Bonchev–Trinajstić information content (AvgIpc) is 2.62. The third kappa shape index (κ3) is 4.17. The molecule has 0 radical (unpaired) electrons. The van der Waals surface area contributed by atoms with E-state index in [-0.39, 0.29) is 36.0 Å². The molecule has 0 bridgehead atoms. The molecule has 2 saturated heterocycles. The molecule has 2 amide bonds. The van der Waals surface area contributed by atoms with Gasteiger partial charge < -0.3 is 25.0 Å². The Labute approximate surface area is 147 Å². The van der Waals surface area contributed by atoms with E-state index in [0.717, 1.165) is 0 Å². The van der Waals surface area contributed by atoms with E-state index < -0.39 is 0 Å². The molecule has 1 unspecified atom stereocenters. The molecule has 2 aliphatic heterocycles. The lowest BCUT2D eigenvalue weighted by Gasteiger charge is -2.37. The molecular weight excluding hydrogens is 334 g/mol. The smallest absolute Gasteiger partial charge is 0.253 e. The van der Waals surface area contributed by atoms with Crippen LogP contribution >= 0.6 is 12.4 Å². The van der Waals surface area contributed by atoms with E-state index in [1.807, 2.05) is 0 Å². The molecule has 0 aliphatic carbocycles. The van der Waals surface area contributed by atoms with Crippen LogP contribution in [0.15, 0.2) is 24.3 Å². The third-order valence-electron chi connectivity index (χ3n) is 4.21. The minimum Gasteiger partial charge on any atom is -0.508 e. The number of benzene rings is 1. The SMILES string of the molecule is Cl.O=C(c1ccc(O)cc1)N1CCN(C(=O)C2COCCN2)CC1. The fourth-order valence-electron chi connectivity index (χ4n) is 2.86. The van der Waals surface area contributed by atoms with Crippen LogP contribution in [-0.4, -0.2) is 78.7 Å². The summed E-state index contributed by atoms with van der Waals surface area (Å²) in [5, 5.41) is 12.4. The standard InChI is InChI=1S/C16H21N3O4.ClH/c20-13-3-1-12(2-4-13)15(21)18-6-8-19(9-7-18)16(22)14-11-23-10-5-17-14;/h1-4,14,17,20H,5-11H2;1H. The second kappa shape index (κ2) is 8.32. The van der Waals surface area contributed by atoms with Gasteiger partial charge in [-0.1, -0.05) is 0 Å². The van der Waals surface area contributed by atoms with Crippen LogP contribution in [0.25, 0.3) is 0 Å². The number of nitrogens with zero attached hydrogens (tertiary/aromatic N) is 2. The maximum Gasteiger partial charge on any atom is 0.253 e. The lowest BCUT2D eigenvalue weighted by molar-refractivity contribution is -0.137. The Morgan fingerprint density at radius 2 is 1.71 bits per heavy atom. The number of halogens is 1. The Kier molecular flexibility index (Phi) is 6.42. The van der Waals surface area contributed by atoms with Gasteiger partial charge in [0.15, 0.2) is 0 Å². The van der Waals surface area contributed by atoms with Crippen molar-refractivity contribution in [3.05, 3.63) is 29.8 Å². The summed E-state index contributed by atoms with van der Waals surface area (Å²) >= 11 is 0. The lowest BCUT2D eigenvalue weighted by Crippen LogP contribution is -2.57. The van der Waals surface area contributed by atoms with Crippen LogP contribution in [-0.2, 0) is 9.53 Å². The van der Waals surface area contributed by atoms with Crippen LogP contribution in [0.3, 0.4) is 0 Å². The summed E-state index contributed by atoms with van der Waals surface area (Å²) in [6, 6.07) is 5.95. The highest BCUT2D eigenvalue weighted by atomic mass is 35.5. The normalized spacial score (nSPS) is 21.1. The van der Waals surface area contributed by atoms with Gasteiger partial charge in [0.1, 0.15) is 11.8 Å². The number of ether oxygens (including phenoxy) is 1. The number of rotatable bonds is 2. The van der Waals surface area contributed by atoms with Crippen molar-refractivity contribution in [1.29, 1.82) is 0 Å². The zero-order valence-corrected chi connectivity index (χ0v) is 14.1. The fourth-order valence-corrected chi connectivity index (χ4v) is 2.86. The molecule has 8 heteroatoms. The molecule has 0 spiro atoms. The van der Waals surface area contributed by atoms with E-state index >= 15 is 0 Å². The van der Waals surface area contributed by atoms with Crippen LogP contribution in [0.4, 0.5) is 0 Å². The number of phenols is 1. The number of nitrogens with one attached hydrogen (secondary N) is 1. The first-order chi connectivity index (χ1) is 11.1. The van der Waals surface area contributed by atoms with Crippen molar-refractivity contribution < 1.29 is 19.4 Å². The maximum absolute atomic E-state index is 12.4. The van der Waals surface area contributed by atoms with Gasteiger partial charge in [-0.25, -0.2) is 0 Å². The van der Waals surface area contributed by atoms with Crippen molar-refractivity contribution in [2.24, 2.45) is 0 Å². The Morgan fingerprint density at radius 1 is 1.08 bits per heavy atom. The van der Waals surface area contributed by atoms with Gasteiger partial charge in [0.05, 0.1) is 13.2 Å². The number of piperazine rings is 1. The lowest BCUT2D eigenvalue weighted by atomic mass is 10.1. The molecule has 0 aromatic heterocycles. The van der Waals surface area contributed by atoms with Gasteiger partial charge in [-0.15, -0.1) is 12.4 Å². The van der Waals surface area contributed by atoms with Crippen LogP contribution in [0.5, 0.6) is 5.75 Å². The first-order valence-electron chi connectivity index (χ1n) is 7.83. The van der Waals surface area contributed by atoms with E-state index in [0.29, 0.717) is 51.5 Å². The number of carbonyl (C=O) groups is 2. The van der Waals surface area contributed by atoms with Gasteiger partial charge >= 0.3 is 0 Å². The van der Waals surface area contributed by atoms with Gasteiger partial charge in [-0.3, -0.25) is 9.59 Å². The molecule has 2 fully saturated rings. The number of amides is 2. The summed E-state index contributed by atoms with van der Waals surface area (Å²) in [6.45, 7) is 3.82. The molecule has 1 aromatic carbocycles. The van der Waals surface area contributed by atoms with Crippen molar-refractivity contribution in [3.63, 3.8) is 0 Å². The monoisotopic (exact) mass is 355 g/mol. The first-order valence-corrected chi connectivity index (χ1v) is 7.83. The van der Waals surface area contributed by atoms with Crippen molar-refractivity contribution in [2.75, 3.05) is 45.9 Å². The number of carbonyl (C=O) groups excluding carboxylic acids is 2. The number of hydrogen-bond donors (Lipinski definition) is 2. The third-order valence-corrected chi connectivity index (χ3v) is 4.21. The van der Waals surface area contributed by atoms with Crippen molar-refractivity contribution in [2.45, 2.75) is 6.04 Å². The minimum atomic E-state index is -0.275. The van der Waals surface area contributed by atoms with Gasteiger partial charge in [0, 0.05) is 38.3 Å². The molecule has 1 atom stereocenters. The minimum absolute atomic E-state index is 0. The highest BCUT2D eigenvalue weighted by Crippen LogP contribution is 2.14. The number of aromatic hydroxyl groups is 1. The van der Waals surface area contributed by atoms with Gasteiger partial charge in [-0.2, -0.15) is 0 Å². The molecule has 24 heavy (non-hydrogen) atoms. The van der Waals surface area contributed by atoms with Crippen molar-refractivity contribution >= 4 is 24.2 Å². The maximum atomic E-state index is 12.4. The molecule has 1 aromatic rings. The van der Waals surface area contributed by atoms with E-state index in [1.165, 1.54) is 12.1 Å². The number of morpholine rings is 1. The average molecular weight is 356 g/mol. The zero-order chi connectivity index (χ0) is 16.2. The zero-order valence-electron chi connectivity index (χ0n) is 13.3. The van der Waals surface area contributed by atoms with Crippen LogP contribution < -0.4 is 5.32 Å². The Hall–Kier alpha value is -1.83. The molecule has 0 saturated carbocycles. The molecule has 2 heterocycles. The summed E-state index contributed by atoms with van der Waals surface area (Å²) in [4.78, 5) is 28.3. The second-order valence-electron chi connectivity index (χ2n) is 5.75. The van der Waals surface area contributed by atoms with E-state index in [2.05, 4.69) is 5.32 Å². The molecule has 3 rings (SSSR count). The Bertz CT molecular complexity index is 567. The molecule has 7 nitrogen and oxygen atoms in total. The van der Waals surface area contributed by atoms with Crippen molar-refractivity contribution in [1.82, 2.24) is 15.1 Å². The number of phenolic OH excluding ortho intramolecular Hbond substituents is 1. The van der Waals surface area contributed by atoms with E-state index in [1.54, 1.807) is 21.9 Å². The highest BCUT2D eigenvalue weighted by molar-refractivity contribution is 5.94. The van der Waals surface area contributed by atoms with Crippen LogP contribution in [0.2, 0.25) is 0 Å². The van der Waals surface area contributed by atoms with Crippen LogP contribution in [0, 0.1) is 0 Å².